The standard InChI is InChI=1S/C10H13N3O5/c1-10(2,16)5-12-8-3-6(9(14)15)7(4-11-8)13(17)18/h3-4,16H,5H2,1-2H3,(H,11,12)(H,14,15). The number of nitro groups is 1. The Bertz CT molecular complexity index is 481. The van der Waals surface area contributed by atoms with E-state index in [4.69, 9.17) is 5.11 Å². The number of carbonyl (C=O) groups is 1. The highest BCUT2D eigenvalue weighted by molar-refractivity contribution is 5.93. The van der Waals surface area contributed by atoms with Gasteiger partial charge in [0.2, 0.25) is 0 Å². The van der Waals surface area contributed by atoms with Gasteiger partial charge < -0.3 is 15.5 Å². The molecule has 1 heterocycles. The quantitative estimate of drug-likeness (QED) is 0.526. The van der Waals surface area contributed by atoms with Gasteiger partial charge in [0.25, 0.3) is 0 Å². The number of carboxylic acids is 1. The monoisotopic (exact) mass is 255 g/mol. The minimum Gasteiger partial charge on any atom is -0.477 e. The highest BCUT2D eigenvalue weighted by atomic mass is 16.6. The second-order valence-corrected chi connectivity index (χ2v) is 4.31. The molecule has 8 nitrogen and oxygen atoms in total. The molecule has 0 aliphatic carbocycles. The van der Waals surface area contributed by atoms with Crippen molar-refractivity contribution in [1.82, 2.24) is 4.98 Å². The predicted molar refractivity (Wildman–Crippen MR) is 62.6 cm³/mol. The third-order valence-electron chi connectivity index (χ3n) is 2.01. The number of aromatic nitrogens is 1. The molecule has 0 atom stereocenters. The molecule has 0 aromatic carbocycles. The number of pyridine rings is 1. The molecule has 0 aliphatic rings. The lowest BCUT2D eigenvalue weighted by atomic mass is 10.1. The number of anilines is 1. The van der Waals surface area contributed by atoms with Crippen molar-refractivity contribution >= 4 is 17.5 Å². The van der Waals surface area contributed by atoms with Crippen molar-refractivity contribution in [3.05, 3.63) is 27.9 Å². The summed E-state index contributed by atoms with van der Waals surface area (Å²) in [4.78, 5) is 24.4. The van der Waals surface area contributed by atoms with Crippen LogP contribution in [0.4, 0.5) is 11.5 Å². The summed E-state index contributed by atoms with van der Waals surface area (Å²) in [5.41, 5.74) is -2.03. The molecule has 0 spiro atoms. The minimum absolute atomic E-state index is 0.136. The average molecular weight is 255 g/mol. The zero-order valence-corrected chi connectivity index (χ0v) is 9.88. The highest BCUT2D eigenvalue weighted by Crippen LogP contribution is 2.20. The third-order valence-corrected chi connectivity index (χ3v) is 2.01. The van der Waals surface area contributed by atoms with Gasteiger partial charge in [-0.15, -0.1) is 0 Å². The van der Waals surface area contributed by atoms with Gasteiger partial charge in [0.1, 0.15) is 17.6 Å². The van der Waals surface area contributed by atoms with Crippen LogP contribution >= 0.6 is 0 Å². The Kier molecular flexibility index (Phi) is 3.82. The summed E-state index contributed by atoms with van der Waals surface area (Å²) >= 11 is 0. The molecule has 0 amide bonds. The molecule has 0 radical (unpaired) electrons. The predicted octanol–water partition coefficient (Wildman–Crippen LogP) is 0.871. The Labute approximate surface area is 102 Å². The van der Waals surface area contributed by atoms with Crippen LogP contribution < -0.4 is 5.32 Å². The summed E-state index contributed by atoms with van der Waals surface area (Å²) in [5.74, 6) is -1.25. The van der Waals surface area contributed by atoms with E-state index in [0.29, 0.717) is 0 Å². The minimum atomic E-state index is -1.41. The molecule has 8 heteroatoms. The van der Waals surface area contributed by atoms with Crippen molar-refractivity contribution < 1.29 is 19.9 Å². The van der Waals surface area contributed by atoms with Crippen LogP contribution in [0.15, 0.2) is 12.3 Å². The second kappa shape index (κ2) is 4.96. The Morgan fingerprint density at radius 1 is 1.61 bits per heavy atom. The number of nitrogens with zero attached hydrogens (tertiary/aromatic N) is 2. The van der Waals surface area contributed by atoms with Gasteiger partial charge in [-0.05, 0) is 13.8 Å². The topological polar surface area (TPSA) is 126 Å². The third kappa shape index (κ3) is 3.67. The molecular weight excluding hydrogens is 242 g/mol. The smallest absolute Gasteiger partial charge is 0.342 e. The van der Waals surface area contributed by atoms with Crippen molar-refractivity contribution in [3.63, 3.8) is 0 Å². The van der Waals surface area contributed by atoms with Crippen LogP contribution in [0.1, 0.15) is 24.2 Å². The van der Waals surface area contributed by atoms with Crippen LogP contribution in [0.2, 0.25) is 0 Å². The molecule has 0 aliphatic heterocycles. The second-order valence-electron chi connectivity index (χ2n) is 4.31. The molecule has 1 rings (SSSR count). The van der Waals surface area contributed by atoms with Crippen LogP contribution in [0, 0.1) is 10.1 Å². The molecule has 98 valence electrons. The van der Waals surface area contributed by atoms with Gasteiger partial charge in [-0.3, -0.25) is 10.1 Å². The van der Waals surface area contributed by atoms with E-state index in [0.717, 1.165) is 12.3 Å². The van der Waals surface area contributed by atoms with Crippen LogP contribution in [0.5, 0.6) is 0 Å². The lowest BCUT2D eigenvalue weighted by Gasteiger charge is -2.18. The van der Waals surface area contributed by atoms with Crippen molar-refractivity contribution in [2.24, 2.45) is 0 Å². The van der Waals surface area contributed by atoms with Gasteiger partial charge in [0.05, 0.1) is 10.5 Å². The van der Waals surface area contributed by atoms with E-state index in [1.807, 2.05) is 0 Å². The summed E-state index contributed by atoms with van der Waals surface area (Å²) < 4.78 is 0. The van der Waals surface area contributed by atoms with E-state index in [1.165, 1.54) is 0 Å². The van der Waals surface area contributed by atoms with E-state index in [2.05, 4.69) is 10.3 Å². The molecule has 18 heavy (non-hydrogen) atoms. The van der Waals surface area contributed by atoms with Crippen LogP contribution in [0.3, 0.4) is 0 Å². The first kappa shape index (κ1) is 13.8. The zero-order valence-electron chi connectivity index (χ0n) is 9.88. The van der Waals surface area contributed by atoms with Gasteiger partial charge in [-0.25, -0.2) is 9.78 Å². The number of aromatic carboxylic acids is 1. The molecule has 0 saturated carbocycles. The Balaban J connectivity index is 3.01. The molecular formula is C10H13N3O5. The Morgan fingerprint density at radius 3 is 2.67 bits per heavy atom. The fraction of sp³-hybridized carbons (Fsp3) is 0.400. The summed E-state index contributed by atoms with van der Waals surface area (Å²) in [6.07, 6.45) is 0.871. The molecule has 1 aromatic heterocycles. The first-order chi connectivity index (χ1) is 8.20. The van der Waals surface area contributed by atoms with Crippen molar-refractivity contribution in [1.29, 1.82) is 0 Å². The Morgan fingerprint density at radius 2 is 2.22 bits per heavy atom. The molecule has 0 fully saturated rings. The average Bonchev–Trinajstić information content (AvgIpc) is 2.24. The van der Waals surface area contributed by atoms with E-state index < -0.39 is 27.7 Å². The molecule has 3 N–H and O–H groups in total. The first-order valence-corrected chi connectivity index (χ1v) is 5.05. The summed E-state index contributed by atoms with van der Waals surface area (Å²) in [7, 11) is 0. The van der Waals surface area contributed by atoms with Gasteiger partial charge in [0, 0.05) is 12.6 Å². The molecule has 1 aromatic rings. The normalized spacial score (nSPS) is 11.1. The number of carboxylic acid groups (broad SMARTS) is 1. The summed E-state index contributed by atoms with van der Waals surface area (Å²) in [6, 6.07) is 1.06. The van der Waals surface area contributed by atoms with E-state index in [1.54, 1.807) is 13.8 Å². The maximum atomic E-state index is 10.9. The largest absolute Gasteiger partial charge is 0.477 e. The summed E-state index contributed by atoms with van der Waals surface area (Å²) in [6.45, 7) is 3.25. The Hall–Kier alpha value is -2.22. The lowest BCUT2D eigenvalue weighted by molar-refractivity contribution is -0.385. The van der Waals surface area contributed by atoms with Gasteiger partial charge in [0.15, 0.2) is 0 Å². The van der Waals surface area contributed by atoms with Gasteiger partial charge in [-0.2, -0.15) is 0 Å². The van der Waals surface area contributed by atoms with Crippen molar-refractivity contribution in [2.45, 2.75) is 19.4 Å². The lowest BCUT2D eigenvalue weighted by Crippen LogP contribution is -2.29. The zero-order chi connectivity index (χ0) is 13.9. The van der Waals surface area contributed by atoms with Crippen LogP contribution in [0.25, 0.3) is 0 Å². The van der Waals surface area contributed by atoms with Gasteiger partial charge in [-0.1, -0.05) is 0 Å². The SMILES string of the molecule is CC(C)(O)CNc1cc(C(=O)O)c([N+](=O)[O-])cn1. The van der Waals surface area contributed by atoms with E-state index in [9.17, 15) is 20.0 Å². The summed E-state index contributed by atoms with van der Waals surface area (Å²) in [5, 5.41) is 31.6. The number of aliphatic hydroxyl groups is 1. The fourth-order valence-corrected chi connectivity index (χ4v) is 1.17. The number of hydrogen-bond acceptors (Lipinski definition) is 6. The highest BCUT2D eigenvalue weighted by Gasteiger charge is 2.21. The van der Waals surface area contributed by atoms with E-state index >= 15 is 0 Å². The van der Waals surface area contributed by atoms with Gasteiger partial charge >= 0.3 is 11.7 Å². The number of hydrogen-bond donors (Lipinski definition) is 3. The van der Waals surface area contributed by atoms with Crippen LogP contribution in [-0.2, 0) is 0 Å². The molecule has 0 saturated heterocycles. The maximum absolute atomic E-state index is 10.9. The fourth-order valence-electron chi connectivity index (χ4n) is 1.17. The van der Waals surface area contributed by atoms with Crippen molar-refractivity contribution in [3.8, 4) is 0 Å². The first-order valence-electron chi connectivity index (χ1n) is 5.05. The molecule has 0 unspecified atom stereocenters. The number of rotatable bonds is 5. The van der Waals surface area contributed by atoms with E-state index in [-0.39, 0.29) is 12.4 Å². The molecule has 0 bridgehead atoms. The van der Waals surface area contributed by atoms with Crippen LogP contribution in [-0.4, -0.2) is 38.2 Å². The maximum Gasteiger partial charge on any atom is 0.342 e. The van der Waals surface area contributed by atoms with Crippen molar-refractivity contribution in [2.75, 3.05) is 11.9 Å². The number of nitrogens with one attached hydrogen (secondary N) is 1.